The molecular formula is C12H17BrN2O. The highest BCUT2D eigenvalue weighted by Crippen LogP contribution is 2.21. The lowest BCUT2D eigenvalue weighted by molar-refractivity contribution is -0.121. The molecule has 1 unspecified atom stereocenters. The van der Waals surface area contributed by atoms with Crippen LogP contribution in [0.1, 0.15) is 24.8 Å². The van der Waals surface area contributed by atoms with Gasteiger partial charge in [0.1, 0.15) is 0 Å². The van der Waals surface area contributed by atoms with Gasteiger partial charge in [0.15, 0.2) is 0 Å². The molecule has 0 aliphatic heterocycles. The predicted octanol–water partition coefficient (Wildman–Crippen LogP) is 2.02. The Morgan fingerprint density at radius 2 is 2.31 bits per heavy atom. The number of carbonyl (C=O) groups is 1. The Morgan fingerprint density at radius 3 is 2.88 bits per heavy atom. The van der Waals surface area contributed by atoms with Crippen LogP contribution in [0.15, 0.2) is 28.7 Å². The number of nitrogens with two attached hydrogens (primary N) is 1. The zero-order valence-electron chi connectivity index (χ0n) is 9.37. The van der Waals surface area contributed by atoms with Crippen molar-refractivity contribution in [2.24, 2.45) is 5.73 Å². The number of benzene rings is 1. The number of rotatable bonds is 5. The SMILES string of the molecule is CCNC(=O)CC(CN)c1cccc(Br)c1. The first-order chi connectivity index (χ1) is 7.67. The number of amides is 1. The first kappa shape index (κ1) is 13.2. The highest BCUT2D eigenvalue weighted by atomic mass is 79.9. The summed E-state index contributed by atoms with van der Waals surface area (Å²) in [6.07, 6.45) is 0.445. The van der Waals surface area contributed by atoms with Gasteiger partial charge in [-0.05, 0) is 31.2 Å². The highest BCUT2D eigenvalue weighted by molar-refractivity contribution is 9.10. The molecule has 1 atom stereocenters. The van der Waals surface area contributed by atoms with Crippen LogP contribution in [-0.2, 0) is 4.79 Å². The van der Waals surface area contributed by atoms with E-state index in [-0.39, 0.29) is 11.8 Å². The molecule has 1 amide bonds. The van der Waals surface area contributed by atoms with Gasteiger partial charge in [0.05, 0.1) is 0 Å². The second kappa shape index (κ2) is 6.66. The van der Waals surface area contributed by atoms with Gasteiger partial charge >= 0.3 is 0 Å². The minimum absolute atomic E-state index is 0.0536. The summed E-state index contributed by atoms with van der Waals surface area (Å²) in [5.74, 6) is 0.141. The molecule has 0 bridgehead atoms. The van der Waals surface area contributed by atoms with E-state index in [1.165, 1.54) is 0 Å². The van der Waals surface area contributed by atoms with Crippen LogP contribution in [0.4, 0.5) is 0 Å². The predicted molar refractivity (Wildman–Crippen MR) is 69.2 cm³/mol. The van der Waals surface area contributed by atoms with Gasteiger partial charge in [-0.25, -0.2) is 0 Å². The molecule has 0 saturated carbocycles. The monoisotopic (exact) mass is 284 g/mol. The molecular weight excluding hydrogens is 268 g/mol. The number of nitrogens with one attached hydrogen (secondary N) is 1. The molecule has 1 aromatic rings. The summed E-state index contributed by atoms with van der Waals surface area (Å²) in [4.78, 5) is 11.5. The second-order valence-corrected chi connectivity index (χ2v) is 4.56. The Kier molecular flexibility index (Phi) is 5.49. The fraction of sp³-hybridized carbons (Fsp3) is 0.417. The fourth-order valence-corrected chi connectivity index (χ4v) is 2.01. The summed E-state index contributed by atoms with van der Waals surface area (Å²) in [6, 6.07) is 7.93. The number of halogens is 1. The van der Waals surface area contributed by atoms with Crippen molar-refractivity contribution in [1.82, 2.24) is 5.32 Å². The quantitative estimate of drug-likeness (QED) is 0.869. The Labute approximate surface area is 105 Å². The van der Waals surface area contributed by atoms with Crippen molar-refractivity contribution < 1.29 is 4.79 Å². The lowest BCUT2D eigenvalue weighted by Crippen LogP contribution is -2.27. The normalized spacial score (nSPS) is 12.2. The standard InChI is InChI=1S/C12H17BrN2O/c1-2-15-12(16)7-10(8-14)9-4-3-5-11(13)6-9/h3-6,10H,2,7-8,14H2,1H3,(H,15,16). The van der Waals surface area contributed by atoms with E-state index >= 15 is 0 Å². The van der Waals surface area contributed by atoms with E-state index < -0.39 is 0 Å². The molecule has 16 heavy (non-hydrogen) atoms. The molecule has 0 heterocycles. The maximum atomic E-state index is 11.5. The van der Waals surface area contributed by atoms with Crippen LogP contribution < -0.4 is 11.1 Å². The third-order valence-electron chi connectivity index (χ3n) is 2.41. The number of hydrogen-bond acceptors (Lipinski definition) is 2. The van der Waals surface area contributed by atoms with E-state index in [0.29, 0.717) is 19.5 Å². The lowest BCUT2D eigenvalue weighted by atomic mass is 9.95. The largest absolute Gasteiger partial charge is 0.356 e. The maximum Gasteiger partial charge on any atom is 0.220 e. The average Bonchev–Trinajstić information content (AvgIpc) is 2.26. The van der Waals surface area contributed by atoms with E-state index in [4.69, 9.17) is 5.73 Å². The molecule has 1 rings (SSSR count). The highest BCUT2D eigenvalue weighted by Gasteiger charge is 2.14. The maximum absolute atomic E-state index is 11.5. The molecule has 0 radical (unpaired) electrons. The molecule has 0 spiro atoms. The Hall–Kier alpha value is -0.870. The minimum Gasteiger partial charge on any atom is -0.356 e. The molecule has 3 N–H and O–H groups in total. The Morgan fingerprint density at radius 1 is 1.56 bits per heavy atom. The molecule has 4 heteroatoms. The van der Waals surface area contributed by atoms with Crippen molar-refractivity contribution in [3.8, 4) is 0 Å². The van der Waals surface area contributed by atoms with Crippen LogP contribution in [0.25, 0.3) is 0 Å². The summed E-state index contributed by atoms with van der Waals surface area (Å²) in [7, 11) is 0. The molecule has 0 saturated heterocycles. The summed E-state index contributed by atoms with van der Waals surface area (Å²) >= 11 is 3.42. The first-order valence-electron chi connectivity index (χ1n) is 5.39. The van der Waals surface area contributed by atoms with Crippen molar-refractivity contribution in [3.05, 3.63) is 34.3 Å². The van der Waals surface area contributed by atoms with Crippen LogP contribution in [0.5, 0.6) is 0 Å². The van der Waals surface area contributed by atoms with Gasteiger partial charge in [0, 0.05) is 23.4 Å². The first-order valence-corrected chi connectivity index (χ1v) is 6.19. The van der Waals surface area contributed by atoms with Crippen LogP contribution in [0.3, 0.4) is 0 Å². The van der Waals surface area contributed by atoms with Gasteiger partial charge < -0.3 is 11.1 Å². The Balaban J connectivity index is 2.70. The van der Waals surface area contributed by atoms with E-state index in [0.717, 1.165) is 10.0 Å². The second-order valence-electron chi connectivity index (χ2n) is 3.65. The smallest absolute Gasteiger partial charge is 0.220 e. The van der Waals surface area contributed by atoms with Crippen LogP contribution in [0, 0.1) is 0 Å². The zero-order valence-corrected chi connectivity index (χ0v) is 11.0. The average molecular weight is 285 g/mol. The van der Waals surface area contributed by atoms with E-state index in [1.54, 1.807) is 0 Å². The van der Waals surface area contributed by atoms with Gasteiger partial charge in [-0.1, -0.05) is 28.1 Å². The molecule has 0 fully saturated rings. The van der Waals surface area contributed by atoms with Gasteiger partial charge in [0.2, 0.25) is 5.91 Å². The zero-order chi connectivity index (χ0) is 12.0. The summed E-state index contributed by atoms with van der Waals surface area (Å²) in [5.41, 5.74) is 6.80. The van der Waals surface area contributed by atoms with E-state index in [2.05, 4.69) is 21.2 Å². The van der Waals surface area contributed by atoms with Crippen molar-refractivity contribution in [1.29, 1.82) is 0 Å². The third-order valence-corrected chi connectivity index (χ3v) is 2.90. The molecule has 3 nitrogen and oxygen atoms in total. The van der Waals surface area contributed by atoms with Gasteiger partial charge in [-0.15, -0.1) is 0 Å². The van der Waals surface area contributed by atoms with Crippen molar-refractivity contribution in [2.45, 2.75) is 19.3 Å². The van der Waals surface area contributed by atoms with Crippen molar-refractivity contribution in [3.63, 3.8) is 0 Å². The molecule has 0 aromatic heterocycles. The topological polar surface area (TPSA) is 55.1 Å². The number of carbonyl (C=O) groups excluding carboxylic acids is 1. The van der Waals surface area contributed by atoms with Gasteiger partial charge in [-0.2, -0.15) is 0 Å². The lowest BCUT2D eigenvalue weighted by Gasteiger charge is -2.14. The molecule has 0 aliphatic rings. The van der Waals surface area contributed by atoms with Crippen LogP contribution in [-0.4, -0.2) is 19.0 Å². The minimum atomic E-state index is 0.0536. The third kappa shape index (κ3) is 3.94. The number of hydrogen-bond donors (Lipinski definition) is 2. The Bertz CT molecular complexity index is 355. The molecule has 0 aliphatic carbocycles. The van der Waals surface area contributed by atoms with Crippen molar-refractivity contribution >= 4 is 21.8 Å². The fourth-order valence-electron chi connectivity index (χ4n) is 1.59. The van der Waals surface area contributed by atoms with Gasteiger partial charge in [-0.3, -0.25) is 4.79 Å². The van der Waals surface area contributed by atoms with E-state index in [9.17, 15) is 4.79 Å². The summed E-state index contributed by atoms with van der Waals surface area (Å²) in [6.45, 7) is 3.05. The molecule has 1 aromatic carbocycles. The summed E-state index contributed by atoms with van der Waals surface area (Å²) in [5, 5.41) is 2.79. The molecule has 88 valence electrons. The summed E-state index contributed by atoms with van der Waals surface area (Å²) < 4.78 is 1.01. The van der Waals surface area contributed by atoms with Crippen LogP contribution in [0.2, 0.25) is 0 Å². The van der Waals surface area contributed by atoms with Crippen molar-refractivity contribution in [2.75, 3.05) is 13.1 Å². The van der Waals surface area contributed by atoms with Gasteiger partial charge in [0.25, 0.3) is 0 Å². The van der Waals surface area contributed by atoms with E-state index in [1.807, 2.05) is 31.2 Å². The van der Waals surface area contributed by atoms with Crippen LogP contribution >= 0.6 is 15.9 Å².